The Morgan fingerprint density at radius 1 is 1.56 bits per heavy atom. The molecule has 1 amide bonds. The van der Waals surface area contributed by atoms with E-state index in [0.717, 1.165) is 24.1 Å². The number of amides is 1. The third kappa shape index (κ3) is 2.72. The molecular weight excluding hydrogens is 230 g/mol. The molecule has 1 aliphatic rings. The molecule has 100 valence electrons. The van der Waals surface area contributed by atoms with Crippen molar-refractivity contribution < 1.29 is 9.53 Å². The highest BCUT2D eigenvalue weighted by Crippen LogP contribution is 2.19. The predicted molar refractivity (Wildman–Crippen MR) is 68.0 cm³/mol. The van der Waals surface area contributed by atoms with Crippen molar-refractivity contribution in [3.8, 4) is 0 Å². The van der Waals surface area contributed by atoms with E-state index in [1.807, 2.05) is 31.8 Å². The van der Waals surface area contributed by atoms with Crippen LogP contribution in [0.3, 0.4) is 0 Å². The van der Waals surface area contributed by atoms with Crippen molar-refractivity contribution >= 4 is 5.91 Å². The molecule has 2 rings (SSSR count). The number of nitrogens with zero attached hydrogens (tertiary/aromatic N) is 2. The van der Waals surface area contributed by atoms with Gasteiger partial charge >= 0.3 is 0 Å². The maximum atomic E-state index is 12.1. The number of carbonyl (C=O) groups is 1. The molecule has 0 aliphatic carbocycles. The van der Waals surface area contributed by atoms with Crippen molar-refractivity contribution in [2.75, 3.05) is 13.2 Å². The molecule has 1 aromatic rings. The summed E-state index contributed by atoms with van der Waals surface area (Å²) in [5, 5.41) is 7.27. The van der Waals surface area contributed by atoms with Gasteiger partial charge in [0.25, 0.3) is 0 Å². The number of aromatic nitrogens is 2. The first-order chi connectivity index (χ1) is 8.59. The largest absolute Gasteiger partial charge is 0.381 e. The van der Waals surface area contributed by atoms with Gasteiger partial charge in [0.2, 0.25) is 5.91 Å². The molecule has 18 heavy (non-hydrogen) atoms. The molecule has 0 unspecified atom stereocenters. The number of hydrogen-bond donors (Lipinski definition) is 1. The van der Waals surface area contributed by atoms with E-state index in [0.29, 0.717) is 13.2 Å². The van der Waals surface area contributed by atoms with Crippen molar-refractivity contribution in [2.24, 2.45) is 13.0 Å². The summed E-state index contributed by atoms with van der Waals surface area (Å²) < 4.78 is 7.09. The quantitative estimate of drug-likeness (QED) is 0.881. The van der Waals surface area contributed by atoms with Gasteiger partial charge < -0.3 is 10.1 Å². The number of carbonyl (C=O) groups excluding carboxylic acids is 1. The Morgan fingerprint density at radius 2 is 2.22 bits per heavy atom. The minimum absolute atomic E-state index is 0.00837. The summed E-state index contributed by atoms with van der Waals surface area (Å²) in [7, 11) is 1.91. The van der Waals surface area contributed by atoms with E-state index in [2.05, 4.69) is 10.4 Å². The van der Waals surface area contributed by atoms with Gasteiger partial charge in [0.05, 0.1) is 12.2 Å². The van der Waals surface area contributed by atoms with Crippen LogP contribution in [0.1, 0.15) is 37.1 Å². The molecule has 1 aliphatic heterocycles. The second-order valence-electron chi connectivity index (χ2n) is 4.93. The van der Waals surface area contributed by atoms with Crippen LogP contribution in [0.15, 0.2) is 6.20 Å². The molecule has 0 saturated carbocycles. The number of nitrogens with one attached hydrogen (secondary N) is 1. The standard InChI is InChI=1S/C13H21N3O2/c1-9(12-8-14-16(3)10(12)2)15-13(17)11-4-6-18-7-5-11/h8-9,11H,4-7H2,1-3H3,(H,15,17)/t9-/m1/s1. The Morgan fingerprint density at radius 3 is 2.78 bits per heavy atom. The maximum absolute atomic E-state index is 12.1. The highest BCUT2D eigenvalue weighted by atomic mass is 16.5. The minimum Gasteiger partial charge on any atom is -0.381 e. The number of aryl methyl sites for hydroxylation is 1. The predicted octanol–water partition coefficient (Wildman–Crippen LogP) is 1.33. The maximum Gasteiger partial charge on any atom is 0.223 e. The molecule has 2 heterocycles. The van der Waals surface area contributed by atoms with Crippen LogP contribution in [-0.2, 0) is 16.6 Å². The molecule has 1 saturated heterocycles. The summed E-state index contributed by atoms with van der Waals surface area (Å²) >= 11 is 0. The van der Waals surface area contributed by atoms with Gasteiger partial charge in [-0.2, -0.15) is 5.10 Å². The average Bonchev–Trinajstić information content (AvgIpc) is 2.71. The van der Waals surface area contributed by atoms with Gasteiger partial charge in [0.15, 0.2) is 0 Å². The van der Waals surface area contributed by atoms with Crippen LogP contribution >= 0.6 is 0 Å². The van der Waals surface area contributed by atoms with Crippen LogP contribution in [0.2, 0.25) is 0 Å². The summed E-state index contributed by atoms with van der Waals surface area (Å²) in [6.07, 6.45) is 3.47. The lowest BCUT2D eigenvalue weighted by molar-refractivity contribution is -0.128. The highest BCUT2D eigenvalue weighted by Gasteiger charge is 2.23. The third-order valence-electron chi connectivity index (χ3n) is 3.69. The van der Waals surface area contributed by atoms with Crippen molar-refractivity contribution in [1.82, 2.24) is 15.1 Å². The smallest absolute Gasteiger partial charge is 0.223 e. The van der Waals surface area contributed by atoms with Gasteiger partial charge in [-0.25, -0.2) is 0 Å². The molecule has 0 aromatic carbocycles. The zero-order chi connectivity index (χ0) is 13.1. The van der Waals surface area contributed by atoms with Gasteiger partial charge in [-0.1, -0.05) is 0 Å². The van der Waals surface area contributed by atoms with Crippen molar-refractivity contribution in [2.45, 2.75) is 32.7 Å². The fourth-order valence-electron chi connectivity index (χ4n) is 2.31. The number of hydrogen-bond acceptors (Lipinski definition) is 3. The zero-order valence-corrected chi connectivity index (χ0v) is 11.3. The SMILES string of the molecule is Cc1c([C@@H](C)NC(=O)C2CCOCC2)cnn1C. The van der Waals surface area contributed by atoms with Gasteiger partial charge in [-0.3, -0.25) is 9.48 Å². The van der Waals surface area contributed by atoms with Crippen LogP contribution < -0.4 is 5.32 Å². The summed E-state index contributed by atoms with van der Waals surface area (Å²) in [4.78, 5) is 12.1. The highest BCUT2D eigenvalue weighted by molar-refractivity contribution is 5.79. The molecule has 0 spiro atoms. The Labute approximate surface area is 108 Å². The van der Waals surface area contributed by atoms with E-state index in [1.54, 1.807) is 0 Å². The summed E-state index contributed by atoms with van der Waals surface area (Å²) in [6, 6.07) is 0.00837. The summed E-state index contributed by atoms with van der Waals surface area (Å²) in [5.74, 6) is 0.229. The monoisotopic (exact) mass is 251 g/mol. The molecule has 0 bridgehead atoms. The van der Waals surface area contributed by atoms with E-state index < -0.39 is 0 Å². The molecule has 1 N–H and O–H groups in total. The topological polar surface area (TPSA) is 56.1 Å². The lowest BCUT2D eigenvalue weighted by atomic mass is 9.98. The van der Waals surface area contributed by atoms with Crippen LogP contribution in [0, 0.1) is 12.8 Å². The molecule has 0 radical (unpaired) electrons. The van der Waals surface area contributed by atoms with Crippen LogP contribution in [0.4, 0.5) is 0 Å². The van der Waals surface area contributed by atoms with Gasteiger partial charge in [-0.15, -0.1) is 0 Å². The second kappa shape index (κ2) is 5.52. The first-order valence-electron chi connectivity index (χ1n) is 6.46. The zero-order valence-electron chi connectivity index (χ0n) is 11.3. The molecule has 5 nitrogen and oxygen atoms in total. The fourth-order valence-corrected chi connectivity index (χ4v) is 2.31. The molecule has 1 fully saturated rings. The first kappa shape index (κ1) is 13.1. The Bertz CT molecular complexity index is 422. The average molecular weight is 251 g/mol. The lowest BCUT2D eigenvalue weighted by Gasteiger charge is -2.23. The van der Waals surface area contributed by atoms with Gasteiger partial charge in [0.1, 0.15) is 0 Å². The van der Waals surface area contributed by atoms with Crippen LogP contribution in [0.5, 0.6) is 0 Å². The fraction of sp³-hybridized carbons (Fsp3) is 0.692. The van der Waals surface area contributed by atoms with Crippen LogP contribution in [-0.4, -0.2) is 28.9 Å². The van der Waals surface area contributed by atoms with Crippen molar-refractivity contribution in [3.63, 3.8) is 0 Å². The summed E-state index contributed by atoms with van der Waals surface area (Å²) in [5.41, 5.74) is 2.17. The Kier molecular flexibility index (Phi) is 4.01. The van der Waals surface area contributed by atoms with Crippen molar-refractivity contribution in [3.05, 3.63) is 17.5 Å². The molecule has 5 heteroatoms. The Balaban J connectivity index is 1.96. The van der Waals surface area contributed by atoms with E-state index in [1.165, 1.54) is 0 Å². The Hall–Kier alpha value is -1.36. The molecule has 1 atom stereocenters. The molecular formula is C13H21N3O2. The summed E-state index contributed by atoms with van der Waals surface area (Å²) in [6.45, 7) is 5.40. The first-order valence-corrected chi connectivity index (χ1v) is 6.46. The number of rotatable bonds is 3. The van der Waals surface area contributed by atoms with E-state index in [-0.39, 0.29) is 17.9 Å². The van der Waals surface area contributed by atoms with E-state index >= 15 is 0 Å². The van der Waals surface area contributed by atoms with Crippen molar-refractivity contribution in [1.29, 1.82) is 0 Å². The number of ether oxygens (including phenoxy) is 1. The van der Waals surface area contributed by atoms with E-state index in [4.69, 9.17) is 4.74 Å². The second-order valence-corrected chi connectivity index (χ2v) is 4.93. The van der Waals surface area contributed by atoms with Gasteiger partial charge in [-0.05, 0) is 26.7 Å². The normalized spacial score (nSPS) is 18.6. The van der Waals surface area contributed by atoms with Crippen LogP contribution in [0.25, 0.3) is 0 Å². The minimum atomic E-state index is 0.00837. The van der Waals surface area contributed by atoms with Gasteiger partial charge in [0, 0.05) is 37.4 Å². The lowest BCUT2D eigenvalue weighted by Crippen LogP contribution is -2.35. The third-order valence-corrected chi connectivity index (χ3v) is 3.69. The molecule has 1 aromatic heterocycles. The van der Waals surface area contributed by atoms with E-state index in [9.17, 15) is 4.79 Å².